The molecular formula is C18H11Cl3N8O2. The molecule has 0 aliphatic heterocycles. The maximum absolute atomic E-state index is 12.8. The van der Waals surface area contributed by atoms with Gasteiger partial charge in [0.15, 0.2) is 5.69 Å². The molecule has 0 bridgehead atoms. The molecule has 3 N–H and O–H groups in total. The van der Waals surface area contributed by atoms with Crippen molar-refractivity contribution in [3.8, 4) is 17.1 Å². The average Bonchev–Trinajstić information content (AvgIpc) is 3.36. The van der Waals surface area contributed by atoms with E-state index in [0.717, 1.165) is 0 Å². The summed E-state index contributed by atoms with van der Waals surface area (Å²) in [4.78, 5) is 12.8. The van der Waals surface area contributed by atoms with E-state index in [4.69, 9.17) is 40.5 Å². The summed E-state index contributed by atoms with van der Waals surface area (Å²) >= 11 is 18.5. The topological polar surface area (TPSA) is 137 Å². The molecule has 0 radical (unpaired) electrons. The van der Waals surface area contributed by atoms with Crippen LogP contribution >= 0.6 is 34.8 Å². The van der Waals surface area contributed by atoms with Gasteiger partial charge in [0.2, 0.25) is 11.6 Å². The first-order chi connectivity index (χ1) is 15.0. The average molecular weight is 478 g/mol. The van der Waals surface area contributed by atoms with Crippen LogP contribution in [0.1, 0.15) is 16.1 Å². The van der Waals surface area contributed by atoms with Crippen LogP contribution in [0.3, 0.4) is 0 Å². The van der Waals surface area contributed by atoms with Crippen LogP contribution in [0.4, 0.5) is 5.82 Å². The van der Waals surface area contributed by atoms with Crippen LogP contribution in [0.25, 0.3) is 17.1 Å². The van der Waals surface area contributed by atoms with Crippen molar-refractivity contribution in [2.75, 3.05) is 5.73 Å². The molecule has 1 amide bonds. The van der Waals surface area contributed by atoms with Crippen LogP contribution in [-0.2, 0) is 0 Å². The molecule has 0 aliphatic carbocycles. The number of amides is 1. The van der Waals surface area contributed by atoms with E-state index in [0.29, 0.717) is 26.2 Å². The fraction of sp³-hybridized carbons (Fsp3) is 0. The van der Waals surface area contributed by atoms with Crippen molar-refractivity contribution in [1.82, 2.24) is 30.7 Å². The second-order valence-electron chi connectivity index (χ2n) is 5.99. The summed E-state index contributed by atoms with van der Waals surface area (Å²) in [7, 11) is 0. The Labute approximate surface area is 189 Å². The summed E-state index contributed by atoms with van der Waals surface area (Å²) in [6.07, 6.45) is 1.32. The second-order valence-corrected chi connectivity index (χ2v) is 7.21. The standard InChI is InChI=1S/C18H11Cl3N8O2/c19-11-5-2-1-4-9(11)15-14(24-28-29(15)17-16(22)26-31-27-17)18(30)25-23-8-10-12(20)6-3-7-13(10)21/h1-8H,(H2,22,26)(H,25,30). The molecule has 10 nitrogen and oxygen atoms in total. The Morgan fingerprint density at radius 1 is 1.06 bits per heavy atom. The van der Waals surface area contributed by atoms with Crippen LogP contribution in [0.2, 0.25) is 15.1 Å². The third-order valence-electron chi connectivity index (χ3n) is 4.07. The fourth-order valence-corrected chi connectivity index (χ4v) is 3.38. The number of carbonyl (C=O) groups excluding carboxylic acids is 1. The SMILES string of the molecule is Nc1nonc1-n1nnc(C(=O)NN=Cc2c(Cl)cccc2Cl)c1-c1ccccc1Cl. The maximum atomic E-state index is 12.8. The highest BCUT2D eigenvalue weighted by molar-refractivity contribution is 6.38. The van der Waals surface area contributed by atoms with Crippen LogP contribution in [0.5, 0.6) is 0 Å². The number of benzene rings is 2. The Morgan fingerprint density at radius 3 is 2.45 bits per heavy atom. The van der Waals surface area contributed by atoms with E-state index >= 15 is 0 Å². The lowest BCUT2D eigenvalue weighted by Crippen LogP contribution is -2.19. The van der Waals surface area contributed by atoms with Gasteiger partial charge in [0.05, 0.1) is 21.3 Å². The van der Waals surface area contributed by atoms with Gasteiger partial charge in [-0.15, -0.1) is 5.10 Å². The lowest BCUT2D eigenvalue weighted by atomic mass is 10.1. The predicted octanol–water partition coefficient (Wildman–Crippen LogP) is 3.62. The van der Waals surface area contributed by atoms with Gasteiger partial charge in [-0.05, 0) is 28.5 Å². The minimum Gasteiger partial charge on any atom is -0.378 e. The van der Waals surface area contributed by atoms with Crippen LogP contribution in [0, 0.1) is 0 Å². The van der Waals surface area contributed by atoms with E-state index in [1.165, 1.54) is 10.9 Å². The molecule has 0 unspecified atom stereocenters. The monoisotopic (exact) mass is 476 g/mol. The predicted molar refractivity (Wildman–Crippen MR) is 116 cm³/mol. The molecule has 4 rings (SSSR count). The molecule has 0 saturated heterocycles. The first kappa shape index (κ1) is 20.8. The Bertz CT molecular complexity index is 1280. The van der Waals surface area contributed by atoms with Crippen molar-refractivity contribution >= 4 is 52.7 Å². The Kier molecular flexibility index (Phi) is 5.85. The van der Waals surface area contributed by atoms with Crippen LogP contribution in [0.15, 0.2) is 52.2 Å². The summed E-state index contributed by atoms with van der Waals surface area (Å²) in [5.74, 6) is -0.667. The van der Waals surface area contributed by atoms with Gasteiger partial charge in [0.1, 0.15) is 5.69 Å². The fourth-order valence-electron chi connectivity index (χ4n) is 2.66. The highest BCUT2D eigenvalue weighted by atomic mass is 35.5. The number of hydrogen-bond acceptors (Lipinski definition) is 8. The maximum Gasteiger partial charge on any atom is 0.294 e. The summed E-state index contributed by atoms with van der Waals surface area (Å²) in [5, 5.41) is 20.2. The van der Waals surface area contributed by atoms with Gasteiger partial charge in [0, 0.05) is 11.1 Å². The summed E-state index contributed by atoms with van der Waals surface area (Å²) in [6, 6.07) is 11.8. The number of halogens is 3. The van der Waals surface area contributed by atoms with Crippen molar-refractivity contribution in [3.05, 3.63) is 68.8 Å². The van der Waals surface area contributed by atoms with Crippen LogP contribution in [-0.4, -0.2) is 37.4 Å². The molecule has 2 aromatic carbocycles. The quantitative estimate of drug-likeness (QED) is 0.331. The highest BCUT2D eigenvalue weighted by Gasteiger charge is 2.26. The number of nitrogens with one attached hydrogen (secondary N) is 1. The van der Waals surface area contributed by atoms with Gasteiger partial charge in [0.25, 0.3) is 5.91 Å². The van der Waals surface area contributed by atoms with Gasteiger partial charge in [-0.3, -0.25) is 4.79 Å². The Hall–Kier alpha value is -3.47. The van der Waals surface area contributed by atoms with Gasteiger partial charge in [-0.25, -0.2) is 10.1 Å². The van der Waals surface area contributed by atoms with Crippen molar-refractivity contribution in [2.45, 2.75) is 0 Å². The van der Waals surface area contributed by atoms with E-state index < -0.39 is 5.91 Å². The number of hydrazone groups is 1. The van der Waals surface area contributed by atoms with Crippen LogP contribution < -0.4 is 11.2 Å². The molecule has 0 aliphatic rings. The van der Waals surface area contributed by atoms with E-state index in [2.05, 4.69) is 35.8 Å². The Balaban J connectivity index is 1.72. The van der Waals surface area contributed by atoms with Crippen molar-refractivity contribution in [3.63, 3.8) is 0 Å². The molecule has 156 valence electrons. The third kappa shape index (κ3) is 4.08. The van der Waals surface area contributed by atoms with Crippen molar-refractivity contribution < 1.29 is 9.42 Å². The molecule has 0 saturated carbocycles. The molecular weight excluding hydrogens is 467 g/mol. The first-order valence-corrected chi connectivity index (χ1v) is 9.67. The zero-order valence-electron chi connectivity index (χ0n) is 15.3. The molecule has 0 atom stereocenters. The van der Waals surface area contributed by atoms with E-state index in [1.807, 2.05) is 0 Å². The smallest absolute Gasteiger partial charge is 0.294 e. The van der Waals surface area contributed by atoms with Crippen molar-refractivity contribution in [2.24, 2.45) is 5.10 Å². The second kappa shape index (κ2) is 8.72. The highest BCUT2D eigenvalue weighted by Crippen LogP contribution is 2.31. The number of hydrogen-bond donors (Lipinski definition) is 2. The molecule has 4 aromatic rings. The molecule has 31 heavy (non-hydrogen) atoms. The molecule has 2 aromatic heterocycles. The minimum absolute atomic E-state index is 0.0449. The molecule has 0 fully saturated rings. The number of nitrogens with zero attached hydrogens (tertiary/aromatic N) is 6. The molecule has 0 spiro atoms. The number of anilines is 1. The van der Waals surface area contributed by atoms with Gasteiger partial charge in [-0.2, -0.15) is 9.78 Å². The van der Waals surface area contributed by atoms with E-state index in [1.54, 1.807) is 42.5 Å². The number of nitrogen functional groups attached to an aromatic ring is 1. The third-order valence-corrected chi connectivity index (χ3v) is 5.06. The number of carbonyl (C=O) groups is 1. The van der Waals surface area contributed by atoms with Crippen molar-refractivity contribution in [1.29, 1.82) is 0 Å². The number of rotatable bonds is 5. The summed E-state index contributed by atoms with van der Waals surface area (Å²) in [5.41, 5.74) is 9.18. The number of aromatic nitrogens is 5. The van der Waals surface area contributed by atoms with Gasteiger partial charge < -0.3 is 5.73 Å². The zero-order chi connectivity index (χ0) is 22.0. The first-order valence-electron chi connectivity index (χ1n) is 8.53. The van der Waals surface area contributed by atoms with Gasteiger partial charge >= 0.3 is 0 Å². The lowest BCUT2D eigenvalue weighted by molar-refractivity contribution is 0.0950. The zero-order valence-corrected chi connectivity index (χ0v) is 17.6. The largest absolute Gasteiger partial charge is 0.378 e. The van der Waals surface area contributed by atoms with E-state index in [9.17, 15) is 4.79 Å². The normalized spacial score (nSPS) is 11.2. The minimum atomic E-state index is -0.671. The Morgan fingerprint density at radius 2 is 1.77 bits per heavy atom. The molecule has 13 heteroatoms. The van der Waals surface area contributed by atoms with Gasteiger partial charge in [-0.1, -0.05) is 64.3 Å². The molecule has 2 heterocycles. The summed E-state index contributed by atoms with van der Waals surface area (Å²) in [6.45, 7) is 0. The van der Waals surface area contributed by atoms with E-state index in [-0.39, 0.29) is 23.0 Å². The lowest BCUT2D eigenvalue weighted by Gasteiger charge is -2.07. The summed E-state index contributed by atoms with van der Waals surface area (Å²) < 4.78 is 5.84. The number of nitrogens with two attached hydrogens (primary N) is 1.